The van der Waals surface area contributed by atoms with Gasteiger partial charge in [-0.05, 0) is 39.7 Å². The molecule has 2 unspecified atom stereocenters. The molecule has 3 heterocycles. The van der Waals surface area contributed by atoms with Crippen LogP contribution in [0.4, 0.5) is 0 Å². The summed E-state index contributed by atoms with van der Waals surface area (Å²) >= 11 is 0. The van der Waals surface area contributed by atoms with Crippen LogP contribution in [0.2, 0.25) is 0 Å². The van der Waals surface area contributed by atoms with Crippen LogP contribution in [0.1, 0.15) is 44.8 Å². The number of aromatic nitrogens is 2. The van der Waals surface area contributed by atoms with Gasteiger partial charge in [-0.25, -0.2) is 4.98 Å². The summed E-state index contributed by atoms with van der Waals surface area (Å²) < 4.78 is 8.08. The van der Waals surface area contributed by atoms with Gasteiger partial charge in [0.1, 0.15) is 0 Å². The van der Waals surface area contributed by atoms with Gasteiger partial charge in [-0.3, -0.25) is 0 Å². The SMILES string of the molecule is CC1OCCC1(C)n1cncc1[C@@H]1CCCN1. The van der Waals surface area contributed by atoms with Crippen LogP contribution in [-0.2, 0) is 10.3 Å². The van der Waals surface area contributed by atoms with Gasteiger partial charge in [0.05, 0.1) is 23.7 Å². The lowest BCUT2D eigenvalue weighted by molar-refractivity contribution is 0.0743. The molecule has 17 heavy (non-hydrogen) atoms. The lowest BCUT2D eigenvalue weighted by Gasteiger charge is -2.32. The molecule has 0 amide bonds. The van der Waals surface area contributed by atoms with E-state index in [1.165, 1.54) is 18.5 Å². The second-order valence-electron chi connectivity index (χ2n) is 5.46. The molecule has 2 fully saturated rings. The Morgan fingerprint density at radius 3 is 3.12 bits per heavy atom. The van der Waals surface area contributed by atoms with Crippen LogP contribution in [-0.4, -0.2) is 28.8 Å². The Balaban J connectivity index is 1.95. The van der Waals surface area contributed by atoms with Crippen LogP contribution >= 0.6 is 0 Å². The predicted molar refractivity (Wildman–Crippen MR) is 65.9 cm³/mol. The molecule has 94 valence electrons. The van der Waals surface area contributed by atoms with Crippen molar-refractivity contribution in [2.75, 3.05) is 13.2 Å². The summed E-state index contributed by atoms with van der Waals surface area (Å²) in [4.78, 5) is 4.36. The third-order valence-corrected chi connectivity index (χ3v) is 4.49. The average molecular weight is 235 g/mol. The summed E-state index contributed by atoms with van der Waals surface area (Å²) in [6.07, 6.45) is 7.80. The lowest BCUT2D eigenvalue weighted by Crippen LogP contribution is -2.38. The molecule has 3 rings (SSSR count). The summed E-state index contributed by atoms with van der Waals surface area (Å²) in [6.45, 7) is 6.43. The molecule has 0 spiro atoms. The van der Waals surface area contributed by atoms with Gasteiger partial charge in [0.25, 0.3) is 0 Å². The summed E-state index contributed by atoms with van der Waals surface area (Å²) in [6, 6.07) is 0.474. The second kappa shape index (κ2) is 4.10. The van der Waals surface area contributed by atoms with Crippen molar-refractivity contribution in [1.29, 1.82) is 0 Å². The van der Waals surface area contributed by atoms with Crippen LogP contribution in [0.15, 0.2) is 12.5 Å². The molecule has 1 N–H and O–H groups in total. The Hall–Kier alpha value is -0.870. The van der Waals surface area contributed by atoms with Gasteiger partial charge in [-0.1, -0.05) is 0 Å². The summed E-state index contributed by atoms with van der Waals surface area (Å²) in [5.41, 5.74) is 1.39. The topological polar surface area (TPSA) is 39.1 Å². The molecule has 0 radical (unpaired) electrons. The van der Waals surface area contributed by atoms with Crippen molar-refractivity contribution < 1.29 is 4.74 Å². The number of imidazole rings is 1. The second-order valence-corrected chi connectivity index (χ2v) is 5.46. The van der Waals surface area contributed by atoms with E-state index >= 15 is 0 Å². The maximum atomic E-state index is 5.74. The van der Waals surface area contributed by atoms with E-state index < -0.39 is 0 Å². The molecular formula is C13H21N3O. The van der Waals surface area contributed by atoms with E-state index in [0.29, 0.717) is 6.04 Å². The molecule has 0 saturated carbocycles. The highest BCUT2D eigenvalue weighted by Crippen LogP contribution is 2.36. The van der Waals surface area contributed by atoms with Crippen molar-refractivity contribution in [3.05, 3.63) is 18.2 Å². The minimum atomic E-state index is 0.0656. The number of nitrogens with zero attached hydrogens (tertiary/aromatic N) is 2. The first kappa shape index (κ1) is 11.2. The van der Waals surface area contributed by atoms with Gasteiger partial charge in [-0.2, -0.15) is 0 Å². The van der Waals surface area contributed by atoms with E-state index in [-0.39, 0.29) is 11.6 Å². The third-order valence-electron chi connectivity index (χ3n) is 4.49. The minimum absolute atomic E-state index is 0.0656. The first-order chi connectivity index (χ1) is 8.22. The van der Waals surface area contributed by atoms with Crippen LogP contribution < -0.4 is 5.32 Å². The van der Waals surface area contributed by atoms with E-state index in [4.69, 9.17) is 4.74 Å². The largest absolute Gasteiger partial charge is 0.376 e. The molecule has 0 bridgehead atoms. The van der Waals surface area contributed by atoms with Gasteiger partial charge in [0.2, 0.25) is 0 Å². The van der Waals surface area contributed by atoms with Gasteiger partial charge >= 0.3 is 0 Å². The van der Waals surface area contributed by atoms with Gasteiger partial charge in [-0.15, -0.1) is 0 Å². The van der Waals surface area contributed by atoms with Crippen LogP contribution in [0, 0.1) is 0 Å². The van der Waals surface area contributed by atoms with E-state index in [2.05, 4.69) is 28.7 Å². The number of hydrogen-bond acceptors (Lipinski definition) is 3. The Labute approximate surface area is 102 Å². The molecular weight excluding hydrogens is 214 g/mol. The van der Waals surface area contributed by atoms with Crippen molar-refractivity contribution in [3.63, 3.8) is 0 Å². The average Bonchev–Trinajstić information content (AvgIpc) is 3.00. The summed E-state index contributed by atoms with van der Waals surface area (Å²) in [5, 5.41) is 3.55. The normalized spacial score (nSPS) is 37.8. The minimum Gasteiger partial charge on any atom is -0.376 e. The van der Waals surface area contributed by atoms with Crippen molar-refractivity contribution in [2.45, 2.75) is 50.8 Å². The molecule has 3 atom stereocenters. The van der Waals surface area contributed by atoms with E-state index in [0.717, 1.165) is 19.6 Å². The third kappa shape index (κ3) is 1.70. The lowest BCUT2D eigenvalue weighted by atomic mass is 9.93. The van der Waals surface area contributed by atoms with Crippen molar-refractivity contribution in [3.8, 4) is 0 Å². The Morgan fingerprint density at radius 2 is 2.47 bits per heavy atom. The molecule has 0 aromatic carbocycles. The first-order valence-corrected chi connectivity index (χ1v) is 6.59. The van der Waals surface area contributed by atoms with Gasteiger partial charge < -0.3 is 14.6 Å². The van der Waals surface area contributed by atoms with Crippen molar-refractivity contribution in [2.24, 2.45) is 0 Å². The quantitative estimate of drug-likeness (QED) is 0.850. The molecule has 0 aliphatic carbocycles. The highest BCUT2D eigenvalue weighted by atomic mass is 16.5. The van der Waals surface area contributed by atoms with Gasteiger partial charge in [0.15, 0.2) is 0 Å². The fourth-order valence-corrected chi connectivity index (χ4v) is 3.07. The molecule has 1 aromatic heterocycles. The smallest absolute Gasteiger partial charge is 0.0954 e. The number of nitrogens with one attached hydrogen (secondary N) is 1. The van der Waals surface area contributed by atoms with Gasteiger partial charge in [0, 0.05) is 18.8 Å². The van der Waals surface area contributed by atoms with Crippen LogP contribution in [0.25, 0.3) is 0 Å². The van der Waals surface area contributed by atoms with Crippen LogP contribution in [0.5, 0.6) is 0 Å². The fourth-order valence-electron chi connectivity index (χ4n) is 3.07. The molecule has 4 heteroatoms. The number of ether oxygens (including phenoxy) is 1. The Kier molecular flexibility index (Phi) is 2.71. The maximum Gasteiger partial charge on any atom is 0.0954 e. The number of hydrogen-bond donors (Lipinski definition) is 1. The predicted octanol–water partition coefficient (Wildman–Crippen LogP) is 1.83. The fraction of sp³-hybridized carbons (Fsp3) is 0.769. The molecule has 2 aliphatic rings. The summed E-state index contributed by atoms with van der Waals surface area (Å²) in [7, 11) is 0. The zero-order chi connectivity index (χ0) is 11.9. The zero-order valence-electron chi connectivity index (χ0n) is 10.6. The number of rotatable bonds is 2. The molecule has 1 aromatic rings. The van der Waals surface area contributed by atoms with Crippen LogP contribution in [0.3, 0.4) is 0 Å². The van der Waals surface area contributed by atoms with Crippen molar-refractivity contribution >= 4 is 0 Å². The van der Waals surface area contributed by atoms with E-state index in [9.17, 15) is 0 Å². The highest BCUT2D eigenvalue weighted by molar-refractivity contribution is 5.12. The Morgan fingerprint density at radius 1 is 1.59 bits per heavy atom. The molecule has 2 saturated heterocycles. The first-order valence-electron chi connectivity index (χ1n) is 6.59. The van der Waals surface area contributed by atoms with E-state index in [1.54, 1.807) is 0 Å². The standard InChI is InChI=1S/C13H21N3O/c1-10-13(2,5-7-17-10)16-9-14-8-12(16)11-4-3-6-15-11/h8-11,15H,3-7H2,1-2H3/t10?,11-,13?/m0/s1. The maximum absolute atomic E-state index is 5.74. The zero-order valence-corrected chi connectivity index (χ0v) is 10.6. The summed E-state index contributed by atoms with van der Waals surface area (Å²) in [5.74, 6) is 0. The molecule has 2 aliphatic heterocycles. The molecule has 4 nitrogen and oxygen atoms in total. The monoisotopic (exact) mass is 235 g/mol. The van der Waals surface area contributed by atoms with Crippen molar-refractivity contribution in [1.82, 2.24) is 14.9 Å². The Bertz CT molecular complexity index is 397. The highest BCUT2D eigenvalue weighted by Gasteiger charge is 2.40. The van der Waals surface area contributed by atoms with E-state index in [1.807, 2.05) is 12.5 Å².